The smallest absolute Gasteiger partial charge is 0.131 e. The summed E-state index contributed by atoms with van der Waals surface area (Å²) in [7, 11) is 0. The van der Waals surface area contributed by atoms with Crippen molar-refractivity contribution < 1.29 is 0 Å². The number of hydrogen-bond acceptors (Lipinski definition) is 4. The summed E-state index contributed by atoms with van der Waals surface area (Å²) in [5, 5.41) is 14.1. The Balaban J connectivity index is 2.45. The van der Waals surface area contributed by atoms with Crippen molar-refractivity contribution in [2.45, 2.75) is 47.1 Å². The molecule has 0 radical (unpaired) electrons. The fourth-order valence-corrected chi connectivity index (χ4v) is 2.31. The third-order valence-electron chi connectivity index (χ3n) is 2.70. The molecule has 0 amide bonds. The first-order valence-corrected chi connectivity index (χ1v) is 6.85. The average molecular weight is 241 g/mol. The number of nitrogens with zero attached hydrogens (tertiary/aromatic N) is 2. The van der Waals surface area contributed by atoms with Gasteiger partial charge in [0.15, 0.2) is 0 Å². The van der Waals surface area contributed by atoms with Crippen LogP contribution in [0.25, 0.3) is 0 Å². The number of nitrogens with one attached hydrogen (secondary N) is 1. The summed E-state index contributed by atoms with van der Waals surface area (Å²) in [4.78, 5) is 0. The summed E-state index contributed by atoms with van der Waals surface area (Å²) in [6.45, 7) is 13.0. The minimum atomic E-state index is 0.511. The van der Waals surface area contributed by atoms with Crippen molar-refractivity contribution in [2.24, 2.45) is 11.8 Å². The van der Waals surface area contributed by atoms with Gasteiger partial charge >= 0.3 is 0 Å². The van der Waals surface area contributed by atoms with E-state index in [2.05, 4.69) is 50.1 Å². The highest BCUT2D eigenvalue weighted by molar-refractivity contribution is 7.11. The van der Waals surface area contributed by atoms with Gasteiger partial charge in [-0.05, 0) is 18.4 Å². The van der Waals surface area contributed by atoms with E-state index in [0.29, 0.717) is 17.8 Å². The first-order chi connectivity index (χ1) is 7.50. The van der Waals surface area contributed by atoms with Gasteiger partial charge in [-0.15, -0.1) is 10.2 Å². The Hall–Kier alpha value is -0.480. The van der Waals surface area contributed by atoms with E-state index >= 15 is 0 Å². The Morgan fingerprint density at radius 3 is 2.38 bits per heavy atom. The zero-order valence-corrected chi connectivity index (χ0v) is 11.8. The van der Waals surface area contributed by atoms with Gasteiger partial charge in [-0.3, -0.25) is 0 Å². The maximum Gasteiger partial charge on any atom is 0.131 e. The standard InChI is InChI=1S/C12H23N3S/c1-8(2)6-13-7-11-14-15-12(16-11)10(5)9(3)4/h8-10,13H,6-7H2,1-5H3. The molecule has 0 saturated heterocycles. The van der Waals surface area contributed by atoms with Gasteiger partial charge in [0.1, 0.15) is 10.0 Å². The molecule has 0 bridgehead atoms. The topological polar surface area (TPSA) is 37.8 Å². The third kappa shape index (κ3) is 4.18. The molecule has 1 atom stereocenters. The first-order valence-electron chi connectivity index (χ1n) is 6.03. The summed E-state index contributed by atoms with van der Waals surface area (Å²) < 4.78 is 0. The lowest BCUT2D eigenvalue weighted by molar-refractivity contribution is 0.528. The van der Waals surface area contributed by atoms with Gasteiger partial charge in [-0.1, -0.05) is 46.0 Å². The molecule has 1 aromatic rings. The van der Waals surface area contributed by atoms with Crippen LogP contribution in [0.4, 0.5) is 0 Å². The molecule has 92 valence electrons. The Kier molecular flexibility index (Phi) is 5.35. The maximum absolute atomic E-state index is 4.26. The molecule has 0 fully saturated rings. The van der Waals surface area contributed by atoms with Crippen LogP contribution >= 0.6 is 11.3 Å². The number of hydrogen-bond donors (Lipinski definition) is 1. The lowest BCUT2D eigenvalue weighted by Crippen LogP contribution is -2.18. The lowest BCUT2D eigenvalue weighted by atomic mass is 9.99. The summed E-state index contributed by atoms with van der Waals surface area (Å²) in [6.07, 6.45) is 0. The molecule has 4 heteroatoms. The molecule has 1 heterocycles. The largest absolute Gasteiger partial charge is 0.310 e. The van der Waals surface area contributed by atoms with Crippen LogP contribution in [0.5, 0.6) is 0 Å². The minimum absolute atomic E-state index is 0.511. The molecule has 0 aliphatic carbocycles. The molecule has 1 aromatic heterocycles. The van der Waals surface area contributed by atoms with E-state index in [1.807, 2.05) is 0 Å². The summed E-state index contributed by atoms with van der Waals surface area (Å²) in [5.41, 5.74) is 0. The van der Waals surface area contributed by atoms with Crippen molar-refractivity contribution in [1.29, 1.82) is 0 Å². The fourth-order valence-electron chi connectivity index (χ4n) is 1.27. The zero-order valence-electron chi connectivity index (χ0n) is 10.9. The highest BCUT2D eigenvalue weighted by Gasteiger charge is 2.15. The van der Waals surface area contributed by atoms with Crippen LogP contribution in [0.1, 0.15) is 50.6 Å². The van der Waals surface area contributed by atoms with E-state index in [4.69, 9.17) is 0 Å². The van der Waals surface area contributed by atoms with Crippen LogP contribution in [-0.4, -0.2) is 16.7 Å². The van der Waals surface area contributed by atoms with Gasteiger partial charge in [0, 0.05) is 12.5 Å². The van der Waals surface area contributed by atoms with E-state index in [9.17, 15) is 0 Å². The van der Waals surface area contributed by atoms with Crippen LogP contribution in [0.3, 0.4) is 0 Å². The van der Waals surface area contributed by atoms with Crippen LogP contribution in [0.2, 0.25) is 0 Å². The van der Waals surface area contributed by atoms with Crippen LogP contribution in [-0.2, 0) is 6.54 Å². The maximum atomic E-state index is 4.26. The monoisotopic (exact) mass is 241 g/mol. The predicted molar refractivity (Wildman–Crippen MR) is 69.7 cm³/mol. The average Bonchev–Trinajstić information content (AvgIpc) is 2.64. The Labute approximate surface area is 103 Å². The van der Waals surface area contributed by atoms with Gasteiger partial charge in [-0.25, -0.2) is 0 Å². The SMILES string of the molecule is CC(C)CNCc1nnc(C(C)C(C)C)s1. The van der Waals surface area contributed by atoms with Gasteiger partial charge in [0.2, 0.25) is 0 Å². The Bertz CT molecular complexity index is 307. The third-order valence-corrected chi connectivity index (χ3v) is 3.83. The highest BCUT2D eigenvalue weighted by atomic mass is 32.1. The molecule has 1 rings (SSSR count). The van der Waals surface area contributed by atoms with Gasteiger partial charge in [0.25, 0.3) is 0 Å². The number of rotatable bonds is 6. The van der Waals surface area contributed by atoms with Crippen molar-refractivity contribution in [1.82, 2.24) is 15.5 Å². The molecule has 16 heavy (non-hydrogen) atoms. The molecule has 0 saturated carbocycles. The van der Waals surface area contributed by atoms with Crippen molar-refractivity contribution in [3.8, 4) is 0 Å². The highest BCUT2D eigenvalue weighted by Crippen LogP contribution is 2.26. The molecular formula is C12H23N3S. The molecule has 0 aliphatic heterocycles. The van der Waals surface area contributed by atoms with Crippen LogP contribution in [0, 0.1) is 11.8 Å². The van der Waals surface area contributed by atoms with Gasteiger partial charge < -0.3 is 5.32 Å². The molecule has 3 nitrogen and oxygen atoms in total. The van der Waals surface area contributed by atoms with Crippen molar-refractivity contribution in [2.75, 3.05) is 6.54 Å². The second kappa shape index (κ2) is 6.30. The van der Waals surface area contributed by atoms with E-state index in [0.717, 1.165) is 23.1 Å². The Morgan fingerprint density at radius 1 is 1.12 bits per heavy atom. The second-order valence-electron chi connectivity index (χ2n) is 5.09. The molecule has 0 spiro atoms. The second-order valence-corrected chi connectivity index (χ2v) is 6.19. The quantitative estimate of drug-likeness (QED) is 0.832. The normalized spacial score (nSPS) is 13.7. The summed E-state index contributed by atoms with van der Waals surface area (Å²) >= 11 is 1.74. The van der Waals surface area contributed by atoms with Gasteiger partial charge in [-0.2, -0.15) is 0 Å². The van der Waals surface area contributed by atoms with E-state index in [1.54, 1.807) is 11.3 Å². The molecule has 0 aliphatic rings. The Morgan fingerprint density at radius 2 is 1.81 bits per heavy atom. The predicted octanol–water partition coefficient (Wildman–Crippen LogP) is 3.04. The first kappa shape index (κ1) is 13.6. The summed E-state index contributed by atoms with van der Waals surface area (Å²) in [6, 6.07) is 0. The zero-order chi connectivity index (χ0) is 12.1. The van der Waals surface area contributed by atoms with E-state index in [1.165, 1.54) is 0 Å². The van der Waals surface area contributed by atoms with Crippen molar-refractivity contribution in [3.63, 3.8) is 0 Å². The molecule has 1 N–H and O–H groups in total. The van der Waals surface area contributed by atoms with E-state index < -0.39 is 0 Å². The fraction of sp³-hybridized carbons (Fsp3) is 0.833. The lowest BCUT2D eigenvalue weighted by Gasteiger charge is -2.10. The molecular weight excluding hydrogens is 218 g/mol. The van der Waals surface area contributed by atoms with Crippen LogP contribution in [0.15, 0.2) is 0 Å². The van der Waals surface area contributed by atoms with Gasteiger partial charge in [0.05, 0.1) is 0 Å². The summed E-state index contributed by atoms with van der Waals surface area (Å²) in [5.74, 6) is 1.82. The molecule has 0 aromatic carbocycles. The van der Waals surface area contributed by atoms with Crippen molar-refractivity contribution >= 4 is 11.3 Å². The van der Waals surface area contributed by atoms with E-state index in [-0.39, 0.29) is 0 Å². The molecule has 1 unspecified atom stereocenters. The minimum Gasteiger partial charge on any atom is -0.310 e. The van der Waals surface area contributed by atoms with Crippen LogP contribution < -0.4 is 5.32 Å². The van der Waals surface area contributed by atoms with Crippen molar-refractivity contribution in [3.05, 3.63) is 10.0 Å². The number of aromatic nitrogens is 2.